The number of aromatic carboxylic acids is 1. The Hall–Kier alpha value is -1.88. The van der Waals surface area contributed by atoms with Crippen molar-refractivity contribution in [3.63, 3.8) is 0 Å². The Morgan fingerprint density at radius 1 is 1.00 bits per heavy atom. The normalized spacial score (nSPS) is 22.3. The van der Waals surface area contributed by atoms with Gasteiger partial charge in [0.25, 0.3) is 0 Å². The van der Waals surface area contributed by atoms with Gasteiger partial charge in [-0.05, 0) is 49.4 Å². The lowest BCUT2D eigenvalue weighted by Crippen LogP contribution is -2.40. The highest BCUT2D eigenvalue weighted by molar-refractivity contribution is 5.87. The Balaban J connectivity index is 1.53. The molecule has 2 saturated heterocycles. The van der Waals surface area contributed by atoms with Crippen LogP contribution in [-0.2, 0) is 4.79 Å². The van der Waals surface area contributed by atoms with Crippen LogP contribution in [0.25, 0.3) is 0 Å². The zero-order valence-electron chi connectivity index (χ0n) is 14.1. The van der Waals surface area contributed by atoms with Crippen molar-refractivity contribution in [2.24, 2.45) is 0 Å². The van der Waals surface area contributed by atoms with Gasteiger partial charge in [-0.2, -0.15) is 0 Å². The SMILES string of the molecule is O=C(O)c1ccc(C2CCN(CC(=O)N3CCCCCC3)C2)cc1. The molecule has 0 aromatic heterocycles. The van der Waals surface area contributed by atoms with Crippen LogP contribution in [0, 0.1) is 0 Å². The van der Waals surface area contributed by atoms with E-state index in [-0.39, 0.29) is 5.91 Å². The van der Waals surface area contributed by atoms with Crippen LogP contribution in [0.15, 0.2) is 24.3 Å². The molecule has 1 aromatic rings. The first-order valence-electron chi connectivity index (χ1n) is 8.97. The summed E-state index contributed by atoms with van der Waals surface area (Å²) >= 11 is 0. The molecule has 130 valence electrons. The zero-order chi connectivity index (χ0) is 16.9. The first-order valence-corrected chi connectivity index (χ1v) is 8.97. The van der Waals surface area contributed by atoms with Crippen molar-refractivity contribution in [2.75, 3.05) is 32.7 Å². The number of carboxylic acid groups (broad SMARTS) is 1. The van der Waals surface area contributed by atoms with Crippen molar-refractivity contribution in [1.29, 1.82) is 0 Å². The topological polar surface area (TPSA) is 60.9 Å². The van der Waals surface area contributed by atoms with Gasteiger partial charge in [0, 0.05) is 19.6 Å². The molecule has 0 spiro atoms. The lowest BCUT2D eigenvalue weighted by Gasteiger charge is -2.24. The average molecular weight is 330 g/mol. The van der Waals surface area contributed by atoms with E-state index in [0.717, 1.165) is 45.4 Å². The van der Waals surface area contributed by atoms with E-state index in [1.165, 1.54) is 18.4 Å². The minimum atomic E-state index is -0.891. The summed E-state index contributed by atoms with van der Waals surface area (Å²) in [5, 5.41) is 8.98. The highest BCUT2D eigenvalue weighted by Gasteiger charge is 2.27. The lowest BCUT2D eigenvalue weighted by molar-refractivity contribution is -0.132. The number of hydrogen-bond acceptors (Lipinski definition) is 3. The third-order valence-corrected chi connectivity index (χ3v) is 5.22. The van der Waals surface area contributed by atoms with Gasteiger partial charge in [-0.25, -0.2) is 4.79 Å². The van der Waals surface area contributed by atoms with E-state index in [1.807, 2.05) is 17.0 Å². The van der Waals surface area contributed by atoms with Crippen molar-refractivity contribution < 1.29 is 14.7 Å². The first-order chi connectivity index (χ1) is 11.6. The standard InChI is InChI=1S/C19H26N2O3/c22-18(21-10-3-1-2-4-11-21)14-20-12-9-17(13-20)15-5-7-16(8-6-15)19(23)24/h5-8,17H,1-4,9-14H2,(H,23,24). The number of nitrogens with zero attached hydrogens (tertiary/aromatic N) is 2. The molecule has 0 bridgehead atoms. The monoisotopic (exact) mass is 330 g/mol. The number of carbonyl (C=O) groups is 2. The minimum absolute atomic E-state index is 0.263. The molecule has 2 fully saturated rings. The van der Waals surface area contributed by atoms with Gasteiger partial charge in [-0.1, -0.05) is 25.0 Å². The van der Waals surface area contributed by atoms with Gasteiger partial charge in [0.2, 0.25) is 5.91 Å². The summed E-state index contributed by atoms with van der Waals surface area (Å²) < 4.78 is 0. The third kappa shape index (κ3) is 4.15. The maximum Gasteiger partial charge on any atom is 0.335 e. The minimum Gasteiger partial charge on any atom is -0.478 e. The van der Waals surface area contributed by atoms with Crippen molar-refractivity contribution >= 4 is 11.9 Å². The largest absolute Gasteiger partial charge is 0.478 e. The number of rotatable bonds is 4. The molecule has 5 heteroatoms. The average Bonchev–Trinajstić information content (AvgIpc) is 2.87. The third-order valence-electron chi connectivity index (χ3n) is 5.22. The summed E-state index contributed by atoms with van der Waals surface area (Å²) in [6, 6.07) is 7.16. The molecule has 1 atom stereocenters. The van der Waals surface area contributed by atoms with E-state index in [0.29, 0.717) is 18.0 Å². The second-order valence-corrected chi connectivity index (χ2v) is 6.94. The molecule has 1 aromatic carbocycles. The quantitative estimate of drug-likeness (QED) is 0.922. The second kappa shape index (κ2) is 7.79. The Labute approximate surface area is 143 Å². The number of carboxylic acids is 1. The molecule has 2 aliphatic heterocycles. The number of benzene rings is 1. The van der Waals surface area contributed by atoms with Gasteiger partial charge in [0.15, 0.2) is 0 Å². The van der Waals surface area contributed by atoms with Crippen LogP contribution in [-0.4, -0.2) is 59.5 Å². The van der Waals surface area contributed by atoms with Crippen LogP contribution in [0.2, 0.25) is 0 Å². The van der Waals surface area contributed by atoms with Crippen LogP contribution in [0.3, 0.4) is 0 Å². The fourth-order valence-corrected chi connectivity index (χ4v) is 3.76. The highest BCUT2D eigenvalue weighted by atomic mass is 16.4. The summed E-state index contributed by atoms with van der Waals surface area (Å²) in [5.41, 5.74) is 1.50. The highest BCUT2D eigenvalue weighted by Crippen LogP contribution is 2.27. The molecule has 3 rings (SSSR count). The van der Waals surface area contributed by atoms with E-state index >= 15 is 0 Å². The van der Waals surface area contributed by atoms with Crippen LogP contribution in [0.5, 0.6) is 0 Å². The molecular weight excluding hydrogens is 304 g/mol. The van der Waals surface area contributed by atoms with Crippen molar-refractivity contribution in [3.8, 4) is 0 Å². The Morgan fingerprint density at radius 3 is 2.29 bits per heavy atom. The van der Waals surface area contributed by atoms with Crippen LogP contribution >= 0.6 is 0 Å². The first kappa shape index (κ1) is 17.0. The molecule has 2 aliphatic rings. The molecule has 1 N–H and O–H groups in total. The number of amides is 1. The Bertz CT molecular complexity index is 577. The maximum atomic E-state index is 12.5. The summed E-state index contributed by atoms with van der Waals surface area (Å²) in [5.74, 6) is -0.235. The number of likely N-dealkylation sites (tertiary alicyclic amines) is 2. The van der Waals surface area contributed by atoms with E-state index in [2.05, 4.69) is 4.90 Å². The van der Waals surface area contributed by atoms with Gasteiger partial charge in [-0.3, -0.25) is 9.69 Å². The van der Waals surface area contributed by atoms with Crippen molar-refractivity contribution in [1.82, 2.24) is 9.80 Å². The molecule has 1 unspecified atom stereocenters. The molecule has 24 heavy (non-hydrogen) atoms. The maximum absolute atomic E-state index is 12.5. The molecule has 0 saturated carbocycles. The van der Waals surface area contributed by atoms with Gasteiger partial charge < -0.3 is 10.0 Å². The molecule has 0 aliphatic carbocycles. The van der Waals surface area contributed by atoms with Gasteiger partial charge >= 0.3 is 5.97 Å². The summed E-state index contributed by atoms with van der Waals surface area (Å²) in [7, 11) is 0. The Morgan fingerprint density at radius 2 is 1.67 bits per heavy atom. The summed E-state index contributed by atoms with van der Waals surface area (Å²) in [6.07, 6.45) is 5.76. The van der Waals surface area contributed by atoms with Gasteiger partial charge in [0.1, 0.15) is 0 Å². The molecule has 2 heterocycles. The molecular formula is C19H26N2O3. The van der Waals surface area contributed by atoms with Crippen molar-refractivity contribution in [2.45, 2.75) is 38.0 Å². The van der Waals surface area contributed by atoms with Crippen LogP contribution in [0.4, 0.5) is 0 Å². The summed E-state index contributed by atoms with van der Waals surface area (Å²) in [6.45, 7) is 4.15. The van der Waals surface area contributed by atoms with E-state index in [9.17, 15) is 9.59 Å². The fraction of sp³-hybridized carbons (Fsp3) is 0.579. The van der Waals surface area contributed by atoms with E-state index in [1.54, 1.807) is 12.1 Å². The van der Waals surface area contributed by atoms with Crippen LogP contribution in [0.1, 0.15) is 53.9 Å². The van der Waals surface area contributed by atoms with Crippen molar-refractivity contribution in [3.05, 3.63) is 35.4 Å². The zero-order valence-corrected chi connectivity index (χ0v) is 14.1. The summed E-state index contributed by atoms with van der Waals surface area (Å²) in [4.78, 5) is 27.7. The Kier molecular flexibility index (Phi) is 5.51. The second-order valence-electron chi connectivity index (χ2n) is 6.94. The molecule has 0 radical (unpaired) electrons. The van der Waals surface area contributed by atoms with Crippen LogP contribution < -0.4 is 0 Å². The van der Waals surface area contributed by atoms with Gasteiger partial charge in [0.05, 0.1) is 12.1 Å². The smallest absolute Gasteiger partial charge is 0.335 e. The lowest BCUT2D eigenvalue weighted by atomic mass is 9.97. The van der Waals surface area contributed by atoms with E-state index in [4.69, 9.17) is 5.11 Å². The predicted molar refractivity (Wildman–Crippen MR) is 92.2 cm³/mol. The fourth-order valence-electron chi connectivity index (χ4n) is 3.76. The van der Waals surface area contributed by atoms with E-state index < -0.39 is 5.97 Å². The van der Waals surface area contributed by atoms with Gasteiger partial charge in [-0.15, -0.1) is 0 Å². The molecule has 5 nitrogen and oxygen atoms in total. The number of hydrogen-bond donors (Lipinski definition) is 1. The number of carbonyl (C=O) groups excluding carboxylic acids is 1. The molecule has 1 amide bonds. The predicted octanol–water partition coefficient (Wildman–Crippen LogP) is 2.58.